The van der Waals surface area contributed by atoms with Crippen LogP contribution in [0.5, 0.6) is 0 Å². The average molecular weight is 213 g/mol. The van der Waals surface area contributed by atoms with Gasteiger partial charge in [-0.3, -0.25) is 4.79 Å². The third-order valence-electron chi connectivity index (χ3n) is 2.09. The SMILES string of the molecule is CCC(CCO)NC(=O)c1ccsc1. The smallest absolute Gasteiger partial charge is 0.252 e. The topological polar surface area (TPSA) is 49.3 Å². The average Bonchev–Trinajstić information content (AvgIpc) is 2.69. The lowest BCUT2D eigenvalue weighted by Crippen LogP contribution is -2.34. The lowest BCUT2D eigenvalue weighted by atomic mass is 10.1. The maximum absolute atomic E-state index is 11.6. The van der Waals surface area contributed by atoms with Crippen molar-refractivity contribution in [2.24, 2.45) is 0 Å². The van der Waals surface area contributed by atoms with Crippen molar-refractivity contribution in [3.05, 3.63) is 22.4 Å². The molecule has 0 aliphatic carbocycles. The van der Waals surface area contributed by atoms with Crippen LogP contribution in [0.4, 0.5) is 0 Å². The highest BCUT2D eigenvalue weighted by Crippen LogP contribution is 2.07. The van der Waals surface area contributed by atoms with E-state index in [1.807, 2.05) is 17.7 Å². The Morgan fingerprint density at radius 1 is 1.71 bits per heavy atom. The van der Waals surface area contributed by atoms with Crippen LogP contribution in [0, 0.1) is 0 Å². The normalized spacial score (nSPS) is 12.4. The van der Waals surface area contributed by atoms with Crippen LogP contribution >= 0.6 is 11.3 Å². The Hall–Kier alpha value is -0.870. The predicted octanol–water partition coefficient (Wildman–Crippen LogP) is 1.64. The molecule has 0 radical (unpaired) electrons. The van der Waals surface area contributed by atoms with Crippen LogP contribution in [0.2, 0.25) is 0 Å². The number of rotatable bonds is 5. The second kappa shape index (κ2) is 5.78. The van der Waals surface area contributed by atoms with E-state index in [0.29, 0.717) is 12.0 Å². The molecule has 0 aliphatic heterocycles. The quantitative estimate of drug-likeness (QED) is 0.781. The first-order chi connectivity index (χ1) is 6.77. The fraction of sp³-hybridized carbons (Fsp3) is 0.500. The van der Waals surface area contributed by atoms with Crippen molar-refractivity contribution in [3.8, 4) is 0 Å². The first-order valence-electron chi connectivity index (χ1n) is 4.71. The lowest BCUT2D eigenvalue weighted by Gasteiger charge is -2.14. The van der Waals surface area contributed by atoms with Crippen molar-refractivity contribution >= 4 is 17.2 Å². The fourth-order valence-electron chi connectivity index (χ4n) is 1.20. The number of nitrogens with one attached hydrogen (secondary N) is 1. The highest BCUT2D eigenvalue weighted by molar-refractivity contribution is 7.08. The molecule has 78 valence electrons. The van der Waals surface area contributed by atoms with Gasteiger partial charge >= 0.3 is 0 Å². The van der Waals surface area contributed by atoms with E-state index in [2.05, 4.69) is 5.32 Å². The van der Waals surface area contributed by atoms with Gasteiger partial charge in [0.15, 0.2) is 0 Å². The summed E-state index contributed by atoms with van der Waals surface area (Å²) in [6, 6.07) is 1.87. The Balaban J connectivity index is 2.47. The number of carbonyl (C=O) groups is 1. The standard InChI is InChI=1S/C10H15NO2S/c1-2-9(3-5-12)11-10(13)8-4-6-14-7-8/h4,6-7,9,12H,2-3,5H2,1H3,(H,11,13). The monoisotopic (exact) mass is 213 g/mol. The maximum atomic E-state index is 11.6. The Kier molecular flexibility index (Phi) is 4.62. The van der Waals surface area contributed by atoms with Crippen molar-refractivity contribution in [3.63, 3.8) is 0 Å². The summed E-state index contributed by atoms with van der Waals surface area (Å²) in [6.45, 7) is 2.11. The largest absolute Gasteiger partial charge is 0.396 e. The van der Waals surface area contributed by atoms with Crippen LogP contribution in [-0.2, 0) is 0 Å². The zero-order valence-electron chi connectivity index (χ0n) is 8.19. The summed E-state index contributed by atoms with van der Waals surface area (Å²) in [6.07, 6.45) is 1.46. The van der Waals surface area contributed by atoms with Crippen LogP contribution in [0.3, 0.4) is 0 Å². The zero-order chi connectivity index (χ0) is 10.4. The number of hydrogen-bond acceptors (Lipinski definition) is 3. The van der Waals surface area contributed by atoms with Crippen molar-refractivity contribution < 1.29 is 9.90 Å². The van der Waals surface area contributed by atoms with Gasteiger partial charge in [0.1, 0.15) is 0 Å². The summed E-state index contributed by atoms with van der Waals surface area (Å²) < 4.78 is 0. The summed E-state index contributed by atoms with van der Waals surface area (Å²) >= 11 is 1.51. The van der Waals surface area contributed by atoms with Gasteiger partial charge in [-0.15, -0.1) is 0 Å². The van der Waals surface area contributed by atoms with Gasteiger partial charge in [0, 0.05) is 23.6 Å². The molecule has 0 fully saturated rings. The molecule has 1 aromatic heterocycles. The molecule has 1 aromatic rings. The van der Waals surface area contributed by atoms with Gasteiger partial charge < -0.3 is 10.4 Å². The maximum Gasteiger partial charge on any atom is 0.252 e. The molecule has 1 unspecified atom stereocenters. The van der Waals surface area contributed by atoms with Gasteiger partial charge in [0.05, 0.1) is 0 Å². The Bertz CT molecular complexity index is 272. The molecule has 1 amide bonds. The van der Waals surface area contributed by atoms with Crippen molar-refractivity contribution in [1.29, 1.82) is 0 Å². The van der Waals surface area contributed by atoms with Gasteiger partial charge in [-0.05, 0) is 24.3 Å². The highest BCUT2D eigenvalue weighted by atomic mass is 32.1. The number of aliphatic hydroxyl groups is 1. The molecule has 0 spiro atoms. The van der Waals surface area contributed by atoms with Crippen LogP contribution in [0.25, 0.3) is 0 Å². The van der Waals surface area contributed by atoms with Crippen molar-refractivity contribution in [2.45, 2.75) is 25.8 Å². The number of carbonyl (C=O) groups excluding carboxylic acids is 1. The van der Waals surface area contributed by atoms with E-state index >= 15 is 0 Å². The molecule has 1 rings (SSSR count). The Morgan fingerprint density at radius 3 is 3.00 bits per heavy atom. The molecular weight excluding hydrogens is 198 g/mol. The summed E-state index contributed by atoms with van der Waals surface area (Å²) in [7, 11) is 0. The molecule has 0 saturated carbocycles. The number of hydrogen-bond donors (Lipinski definition) is 2. The van der Waals surface area contributed by atoms with Gasteiger partial charge in [-0.2, -0.15) is 11.3 Å². The fourth-order valence-corrected chi connectivity index (χ4v) is 1.83. The molecule has 1 atom stereocenters. The number of aliphatic hydroxyl groups excluding tert-OH is 1. The second-order valence-corrected chi connectivity index (χ2v) is 3.88. The minimum Gasteiger partial charge on any atom is -0.396 e. The zero-order valence-corrected chi connectivity index (χ0v) is 9.01. The minimum absolute atomic E-state index is 0.0495. The van der Waals surface area contributed by atoms with Crippen LogP contribution in [0.1, 0.15) is 30.1 Å². The van der Waals surface area contributed by atoms with E-state index in [4.69, 9.17) is 5.11 Å². The van der Waals surface area contributed by atoms with Crippen molar-refractivity contribution in [2.75, 3.05) is 6.61 Å². The molecule has 1 heterocycles. The highest BCUT2D eigenvalue weighted by Gasteiger charge is 2.11. The van der Waals surface area contributed by atoms with Gasteiger partial charge in [-0.1, -0.05) is 6.92 Å². The molecule has 14 heavy (non-hydrogen) atoms. The van der Waals surface area contributed by atoms with Crippen LogP contribution in [0.15, 0.2) is 16.8 Å². The Labute approximate surface area is 87.8 Å². The molecule has 0 aliphatic rings. The lowest BCUT2D eigenvalue weighted by molar-refractivity contribution is 0.0929. The molecule has 4 heteroatoms. The van der Waals surface area contributed by atoms with Gasteiger partial charge in [0.25, 0.3) is 5.91 Å². The van der Waals surface area contributed by atoms with Gasteiger partial charge in [0.2, 0.25) is 0 Å². The minimum atomic E-state index is -0.0495. The summed E-state index contributed by atoms with van der Waals surface area (Å²) in [5.74, 6) is -0.0495. The second-order valence-electron chi connectivity index (χ2n) is 3.10. The molecular formula is C10H15NO2S. The molecule has 2 N–H and O–H groups in total. The van der Waals surface area contributed by atoms with E-state index in [1.165, 1.54) is 11.3 Å². The molecule has 0 bridgehead atoms. The summed E-state index contributed by atoms with van der Waals surface area (Å²) in [4.78, 5) is 11.6. The van der Waals surface area contributed by atoms with E-state index < -0.39 is 0 Å². The molecule has 3 nitrogen and oxygen atoms in total. The first kappa shape index (κ1) is 11.2. The van der Waals surface area contributed by atoms with E-state index in [0.717, 1.165) is 6.42 Å². The predicted molar refractivity (Wildman–Crippen MR) is 57.6 cm³/mol. The number of thiophene rings is 1. The van der Waals surface area contributed by atoms with E-state index in [-0.39, 0.29) is 18.6 Å². The summed E-state index contributed by atoms with van der Waals surface area (Å²) in [5.41, 5.74) is 0.700. The Morgan fingerprint density at radius 2 is 2.50 bits per heavy atom. The molecule has 0 saturated heterocycles. The third kappa shape index (κ3) is 3.12. The van der Waals surface area contributed by atoms with E-state index in [1.54, 1.807) is 6.07 Å². The van der Waals surface area contributed by atoms with Crippen LogP contribution in [-0.4, -0.2) is 23.7 Å². The number of amides is 1. The van der Waals surface area contributed by atoms with Crippen molar-refractivity contribution in [1.82, 2.24) is 5.32 Å². The first-order valence-corrected chi connectivity index (χ1v) is 5.66. The van der Waals surface area contributed by atoms with Crippen LogP contribution < -0.4 is 5.32 Å². The third-order valence-corrected chi connectivity index (χ3v) is 2.77. The summed E-state index contributed by atoms with van der Waals surface area (Å²) in [5, 5.41) is 15.3. The van der Waals surface area contributed by atoms with Gasteiger partial charge in [-0.25, -0.2) is 0 Å². The molecule has 0 aromatic carbocycles. The van der Waals surface area contributed by atoms with E-state index in [9.17, 15) is 4.79 Å².